The van der Waals surface area contributed by atoms with Crippen LogP contribution < -0.4 is 4.90 Å². The Morgan fingerprint density at radius 3 is 2.60 bits per heavy atom. The van der Waals surface area contributed by atoms with Crippen molar-refractivity contribution in [3.8, 4) is 6.07 Å². The molecule has 136 valence electrons. The van der Waals surface area contributed by atoms with E-state index in [1.807, 2.05) is 33.8 Å². The molecular formula is C17H26N6O2. The molecule has 1 fully saturated rings. The Morgan fingerprint density at radius 1 is 1.44 bits per heavy atom. The lowest BCUT2D eigenvalue weighted by atomic mass is 10.1. The molecule has 0 saturated carbocycles. The fourth-order valence-corrected chi connectivity index (χ4v) is 2.83. The lowest BCUT2D eigenvalue weighted by Gasteiger charge is -2.32. The van der Waals surface area contributed by atoms with Gasteiger partial charge in [-0.2, -0.15) is 5.26 Å². The maximum Gasteiger partial charge on any atom is 0.233 e. The first-order valence-corrected chi connectivity index (χ1v) is 8.58. The van der Waals surface area contributed by atoms with Crippen molar-refractivity contribution in [3.63, 3.8) is 0 Å². The molecule has 0 amide bonds. The zero-order chi connectivity index (χ0) is 18.4. The fraction of sp³-hybridized carbons (Fsp3) is 0.647. The maximum atomic E-state index is 12.1. The summed E-state index contributed by atoms with van der Waals surface area (Å²) in [4.78, 5) is 12.5. The molecule has 1 aromatic heterocycles. The first kappa shape index (κ1) is 18.8. The first-order chi connectivity index (χ1) is 11.8. The number of rotatable bonds is 5. The minimum absolute atomic E-state index is 0.0789. The largest absolute Gasteiger partial charge is 0.569 e. The number of nitrogens with zero attached hydrogens (tertiary/aromatic N) is 6. The van der Waals surface area contributed by atoms with Gasteiger partial charge in [0.1, 0.15) is 18.0 Å². The van der Waals surface area contributed by atoms with E-state index in [9.17, 15) is 5.21 Å². The van der Waals surface area contributed by atoms with Gasteiger partial charge in [0.25, 0.3) is 0 Å². The first-order valence-electron chi connectivity index (χ1n) is 8.58. The summed E-state index contributed by atoms with van der Waals surface area (Å²) in [6, 6.07) is 5.68. The molecular weight excluding hydrogens is 320 g/mol. The number of anilines is 1. The third kappa shape index (κ3) is 4.95. The number of pyridine rings is 1. The minimum Gasteiger partial charge on any atom is -0.569 e. The van der Waals surface area contributed by atoms with Crippen molar-refractivity contribution in [3.05, 3.63) is 29.1 Å². The van der Waals surface area contributed by atoms with Crippen molar-refractivity contribution in [1.82, 2.24) is 9.99 Å². The van der Waals surface area contributed by atoms with Gasteiger partial charge in [0, 0.05) is 32.1 Å². The third-order valence-electron chi connectivity index (χ3n) is 4.19. The molecule has 0 atom stereocenters. The predicted molar refractivity (Wildman–Crippen MR) is 93.5 cm³/mol. The topological polar surface area (TPSA) is 90.8 Å². The maximum absolute atomic E-state index is 12.1. The Labute approximate surface area is 148 Å². The Morgan fingerprint density at radius 2 is 2.12 bits per heavy atom. The molecule has 0 radical (unpaired) electrons. The van der Waals surface area contributed by atoms with E-state index in [1.54, 1.807) is 17.3 Å². The van der Waals surface area contributed by atoms with Crippen LogP contribution in [0.3, 0.4) is 0 Å². The Hall–Kier alpha value is -2.56. The zero-order valence-corrected chi connectivity index (χ0v) is 15.3. The molecule has 25 heavy (non-hydrogen) atoms. The second kappa shape index (κ2) is 8.01. The van der Waals surface area contributed by atoms with Crippen molar-refractivity contribution in [1.29, 1.82) is 5.26 Å². The second-order valence-electron chi connectivity index (χ2n) is 7.03. The van der Waals surface area contributed by atoms with Crippen LogP contribution in [0.25, 0.3) is 0 Å². The van der Waals surface area contributed by atoms with Crippen molar-refractivity contribution in [2.24, 2.45) is 5.28 Å². The van der Waals surface area contributed by atoms with Gasteiger partial charge in [0.05, 0.1) is 22.6 Å². The van der Waals surface area contributed by atoms with Gasteiger partial charge in [-0.15, -0.1) is 5.01 Å². The molecule has 2 heterocycles. The number of hydrogen-bond acceptors (Lipinski definition) is 6. The van der Waals surface area contributed by atoms with E-state index in [1.165, 1.54) is 0 Å². The molecule has 0 aliphatic carbocycles. The van der Waals surface area contributed by atoms with Gasteiger partial charge < -0.3 is 14.9 Å². The Balaban J connectivity index is 1.87. The molecule has 1 aliphatic heterocycles. The van der Waals surface area contributed by atoms with E-state index in [-0.39, 0.29) is 11.6 Å². The summed E-state index contributed by atoms with van der Waals surface area (Å²) < 4.78 is 0. The quantitative estimate of drug-likeness (QED) is 0.462. The summed E-state index contributed by atoms with van der Waals surface area (Å²) in [6.07, 6.45) is 3.03. The molecule has 1 saturated heterocycles. The zero-order valence-electron chi connectivity index (χ0n) is 15.3. The van der Waals surface area contributed by atoms with Crippen molar-refractivity contribution >= 4 is 5.82 Å². The summed E-state index contributed by atoms with van der Waals surface area (Å²) in [5, 5.41) is 26.3. The number of hydrogen-bond donors (Lipinski definition) is 0. The van der Waals surface area contributed by atoms with Crippen molar-refractivity contribution in [2.45, 2.75) is 52.2 Å². The van der Waals surface area contributed by atoms with Crippen LogP contribution in [0.15, 0.2) is 23.6 Å². The van der Waals surface area contributed by atoms with Crippen LogP contribution in [0.4, 0.5) is 5.82 Å². The Kier molecular flexibility index (Phi) is 6.02. The molecule has 8 heteroatoms. The van der Waals surface area contributed by atoms with Gasteiger partial charge >= 0.3 is 0 Å². The van der Waals surface area contributed by atoms with Crippen LogP contribution in [0.2, 0.25) is 0 Å². The van der Waals surface area contributed by atoms with Crippen molar-refractivity contribution in [2.75, 3.05) is 24.5 Å². The second-order valence-corrected chi connectivity index (χ2v) is 7.03. The van der Waals surface area contributed by atoms with Crippen LogP contribution in [-0.4, -0.2) is 46.2 Å². The molecule has 1 aliphatic rings. The summed E-state index contributed by atoms with van der Waals surface area (Å²) in [6.45, 7) is 9.89. The van der Waals surface area contributed by atoms with Gasteiger partial charge in [-0.1, -0.05) is 0 Å². The van der Waals surface area contributed by atoms with E-state index in [0.717, 1.165) is 31.7 Å². The molecule has 0 aromatic carbocycles. The van der Waals surface area contributed by atoms with Gasteiger partial charge in [0.15, 0.2) is 0 Å². The van der Waals surface area contributed by atoms with Gasteiger partial charge in [-0.3, -0.25) is 0 Å². The lowest BCUT2D eigenvalue weighted by Crippen LogP contribution is -2.45. The molecule has 2 rings (SSSR count). The SMILES string of the molecule is CCN(/[N+]([O-])=N\OC1CCN(c2ccc(C#N)cn2)CC1)C(C)(C)C. The van der Waals surface area contributed by atoms with E-state index >= 15 is 0 Å². The monoisotopic (exact) mass is 346 g/mol. The summed E-state index contributed by atoms with van der Waals surface area (Å²) in [7, 11) is 0. The average molecular weight is 346 g/mol. The molecule has 1 aromatic rings. The van der Waals surface area contributed by atoms with Crippen molar-refractivity contribution < 1.29 is 9.81 Å². The number of piperidine rings is 1. The fourth-order valence-electron chi connectivity index (χ4n) is 2.83. The van der Waals surface area contributed by atoms with Crippen LogP contribution in [0.5, 0.6) is 0 Å². The molecule has 0 N–H and O–H groups in total. The van der Waals surface area contributed by atoms with Gasteiger partial charge in [-0.05, 0) is 39.8 Å². The van der Waals surface area contributed by atoms with E-state index in [4.69, 9.17) is 10.1 Å². The van der Waals surface area contributed by atoms with E-state index < -0.39 is 0 Å². The van der Waals surface area contributed by atoms with Gasteiger partial charge in [-0.25, -0.2) is 4.98 Å². The highest BCUT2D eigenvalue weighted by atomic mass is 16.7. The van der Waals surface area contributed by atoms with E-state index in [0.29, 0.717) is 17.1 Å². The average Bonchev–Trinajstić information content (AvgIpc) is 2.60. The van der Waals surface area contributed by atoms with Crippen LogP contribution in [0, 0.1) is 16.5 Å². The molecule has 0 bridgehead atoms. The summed E-state index contributed by atoms with van der Waals surface area (Å²) >= 11 is 0. The standard InChI is InChI=1S/C17H26N6O2/c1-5-22(17(2,3)4)23(24)20-25-15-8-10-21(11-9-15)16-7-6-14(12-18)13-19-16/h6-7,13,15H,5,8-11H2,1-4H3/b23-20+. The predicted octanol–water partition coefficient (Wildman–Crippen LogP) is 2.85. The third-order valence-corrected chi connectivity index (χ3v) is 4.19. The van der Waals surface area contributed by atoms with Crippen LogP contribution in [-0.2, 0) is 4.84 Å². The van der Waals surface area contributed by atoms with Crippen LogP contribution in [0.1, 0.15) is 46.1 Å². The number of hydrazine groups is 1. The molecule has 8 nitrogen and oxygen atoms in total. The summed E-state index contributed by atoms with van der Waals surface area (Å²) in [5.41, 5.74) is 0.240. The minimum atomic E-state index is -0.312. The highest BCUT2D eigenvalue weighted by Gasteiger charge is 2.28. The molecule has 0 spiro atoms. The normalized spacial score (nSPS) is 16.4. The van der Waals surface area contributed by atoms with Gasteiger partial charge in [0.2, 0.25) is 5.28 Å². The lowest BCUT2D eigenvalue weighted by molar-refractivity contribution is -0.725. The highest BCUT2D eigenvalue weighted by Crippen LogP contribution is 2.20. The number of aromatic nitrogens is 1. The van der Waals surface area contributed by atoms with E-state index in [2.05, 4.69) is 21.2 Å². The Bertz CT molecular complexity index is 624. The summed E-state index contributed by atoms with van der Waals surface area (Å²) in [5.74, 6) is 0.852. The molecule has 0 unspecified atom stereocenters. The number of nitriles is 1. The highest BCUT2D eigenvalue weighted by molar-refractivity contribution is 5.42. The van der Waals surface area contributed by atoms with Crippen LogP contribution >= 0.6 is 0 Å². The smallest absolute Gasteiger partial charge is 0.233 e.